The molecule has 0 spiro atoms. The molecule has 0 amide bonds. The Morgan fingerprint density at radius 2 is 2.00 bits per heavy atom. The minimum Gasteiger partial charge on any atom is -0.347 e. The molecule has 1 aliphatic carbocycles. The summed E-state index contributed by atoms with van der Waals surface area (Å²) in [5, 5.41) is 9.57. The molecule has 8 nitrogen and oxygen atoms in total. The lowest BCUT2D eigenvalue weighted by atomic mass is 9.96. The zero-order valence-electron chi connectivity index (χ0n) is 15.3. The van der Waals surface area contributed by atoms with E-state index in [9.17, 15) is 4.79 Å². The Balaban J connectivity index is 1.31. The summed E-state index contributed by atoms with van der Waals surface area (Å²) >= 11 is 1.49. The van der Waals surface area contributed by atoms with E-state index in [1.807, 2.05) is 0 Å². The first-order valence-electron chi connectivity index (χ1n) is 9.69. The van der Waals surface area contributed by atoms with Crippen molar-refractivity contribution >= 4 is 21.4 Å². The van der Waals surface area contributed by atoms with Gasteiger partial charge in [-0.3, -0.25) is 4.79 Å². The van der Waals surface area contributed by atoms with Crippen LogP contribution in [0, 0.1) is 0 Å². The molecule has 0 bridgehead atoms. The van der Waals surface area contributed by atoms with Crippen molar-refractivity contribution in [1.82, 2.24) is 24.7 Å². The molecule has 0 aromatic carbocycles. The van der Waals surface area contributed by atoms with Crippen LogP contribution in [-0.4, -0.2) is 37.8 Å². The lowest BCUT2D eigenvalue weighted by Gasteiger charge is -2.29. The third-order valence-corrected chi connectivity index (χ3v) is 6.28. The van der Waals surface area contributed by atoms with Gasteiger partial charge in [0.1, 0.15) is 0 Å². The molecule has 1 saturated carbocycles. The van der Waals surface area contributed by atoms with E-state index in [-0.39, 0.29) is 5.56 Å². The van der Waals surface area contributed by atoms with Gasteiger partial charge in [0.15, 0.2) is 5.82 Å². The Labute approximate surface area is 160 Å². The highest BCUT2D eigenvalue weighted by Gasteiger charge is 2.32. The molecule has 5 rings (SSSR count). The lowest BCUT2D eigenvalue weighted by Crippen LogP contribution is -2.33. The second-order valence-electron chi connectivity index (χ2n) is 7.44. The van der Waals surface area contributed by atoms with Crippen LogP contribution in [0.1, 0.15) is 68.3 Å². The van der Waals surface area contributed by atoms with Gasteiger partial charge in [0.05, 0.1) is 0 Å². The van der Waals surface area contributed by atoms with Crippen molar-refractivity contribution in [3.8, 4) is 0 Å². The summed E-state index contributed by atoms with van der Waals surface area (Å²) in [5.74, 6) is 2.50. The molecule has 0 unspecified atom stereocenters. The predicted octanol–water partition coefficient (Wildman–Crippen LogP) is 2.75. The second-order valence-corrected chi connectivity index (χ2v) is 8.38. The van der Waals surface area contributed by atoms with Gasteiger partial charge in [0.2, 0.25) is 16.0 Å². The molecule has 2 aliphatic rings. The van der Waals surface area contributed by atoms with Crippen LogP contribution in [0.25, 0.3) is 4.96 Å². The van der Waals surface area contributed by atoms with Gasteiger partial charge in [0, 0.05) is 36.7 Å². The molecule has 0 N–H and O–H groups in total. The molecular formula is C18H22N6O2S. The third kappa shape index (κ3) is 3.24. The zero-order valence-corrected chi connectivity index (χ0v) is 16.1. The molecule has 27 heavy (non-hydrogen) atoms. The Kier molecular flexibility index (Phi) is 4.18. The summed E-state index contributed by atoms with van der Waals surface area (Å²) in [5.41, 5.74) is 0.750. The standard InChI is InChI=1S/C18H22N6O2S/c1-2-3-13-10-14(25)24-17(19-13)27-18(21-24)23-8-6-11(7-9-23)15-20-16(26-22-15)12-4-5-12/h10-12H,2-9H2,1H3. The normalized spacial score (nSPS) is 18.5. The van der Waals surface area contributed by atoms with Crippen molar-refractivity contribution in [3.63, 3.8) is 0 Å². The van der Waals surface area contributed by atoms with E-state index in [1.54, 1.807) is 6.07 Å². The second kappa shape index (κ2) is 6.70. The summed E-state index contributed by atoms with van der Waals surface area (Å²) in [7, 11) is 0. The monoisotopic (exact) mass is 386 g/mol. The van der Waals surface area contributed by atoms with Gasteiger partial charge < -0.3 is 9.42 Å². The Morgan fingerprint density at radius 3 is 2.74 bits per heavy atom. The molecule has 3 aromatic rings. The third-order valence-electron chi connectivity index (χ3n) is 5.31. The van der Waals surface area contributed by atoms with E-state index < -0.39 is 0 Å². The molecule has 1 aliphatic heterocycles. The number of hydrogen-bond donors (Lipinski definition) is 0. The summed E-state index contributed by atoms with van der Waals surface area (Å²) < 4.78 is 6.83. The largest absolute Gasteiger partial charge is 0.347 e. The molecule has 4 heterocycles. The van der Waals surface area contributed by atoms with E-state index in [2.05, 4.69) is 32.0 Å². The number of anilines is 1. The fourth-order valence-corrected chi connectivity index (χ4v) is 4.57. The van der Waals surface area contributed by atoms with Gasteiger partial charge in [-0.15, -0.1) is 5.10 Å². The van der Waals surface area contributed by atoms with Crippen molar-refractivity contribution in [2.75, 3.05) is 18.0 Å². The van der Waals surface area contributed by atoms with E-state index in [0.717, 1.165) is 61.3 Å². The van der Waals surface area contributed by atoms with Crippen molar-refractivity contribution < 1.29 is 4.52 Å². The quantitative estimate of drug-likeness (QED) is 0.666. The van der Waals surface area contributed by atoms with Gasteiger partial charge in [-0.25, -0.2) is 4.98 Å². The molecule has 9 heteroatoms. The topological polar surface area (TPSA) is 89.4 Å². The van der Waals surface area contributed by atoms with Crippen LogP contribution in [0.5, 0.6) is 0 Å². The van der Waals surface area contributed by atoms with Crippen molar-refractivity contribution in [2.45, 2.75) is 57.3 Å². The van der Waals surface area contributed by atoms with Crippen molar-refractivity contribution in [1.29, 1.82) is 0 Å². The van der Waals surface area contributed by atoms with Crippen LogP contribution in [0.4, 0.5) is 5.13 Å². The maximum Gasteiger partial charge on any atom is 0.275 e. The average Bonchev–Trinajstić information content (AvgIpc) is 3.24. The number of aryl methyl sites for hydroxylation is 1. The Morgan fingerprint density at radius 1 is 1.19 bits per heavy atom. The van der Waals surface area contributed by atoms with Crippen molar-refractivity contribution in [3.05, 3.63) is 33.8 Å². The summed E-state index contributed by atoms with van der Waals surface area (Å²) in [4.78, 5) is 24.4. The maximum absolute atomic E-state index is 12.3. The van der Waals surface area contributed by atoms with Crippen LogP contribution in [0.3, 0.4) is 0 Å². The van der Waals surface area contributed by atoms with Gasteiger partial charge in [0.25, 0.3) is 5.56 Å². The van der Waals surface area contributed by atoms with Gasteiger partial charge in [-0.1, -0.05) is 29.8 Å². The number of fused-ring (bicyclic) bond motifs is 1. The van der Waals surface area contributed by atoms with Crippen LogP contribution >= 0.6 is 11.3 Å². The fourth-order valence-electron chi connectivity index (χ4n) is 3.60. The van der Waals surface area contributed by atoms with Gasteiger partial charge >= 0.3 is 0 Å². The van der Waals surface area contributed by atoms with Crippen LogP contribution in [0.2, 0.25) is 0 Å². The number of aromatic nitrogens is 5. The van der Waals surface area contributed by atoms with Crippen LogP contribution < -0.4 is 10.5 Å². The summed E-state index contributed by atoms with van der Waals surface area (Å²) in [6.45, 7) is 3.83. The van der Waals surface area contributed by atoms with E-state index in [1.165, 1.54) is 28.7 Å². The summed E-state index contributed by atoms with van der Waals surface area (Å²) in [6, 6.07) is 1.60. The molecule has 142 valence electrons. The number of piperidine rings is 1. The van der Waals surface area contributed by atoms with Crippen LogP contribution in [-0.2, 0) is 6.42 Å². The SMILES string of the molecule is CCCc1cc(=O)n2nc(N3CCC(c4noc(C5CC5)n4)CC3)sc2n1. The minimum absolute atomic E-state index is 0.0970. The van der Waals surface area contributed by atoms with Gasteiger partial charge in [-0.05, 0) is 32.1 Å². The first-order chi connectivity index (χ1) is 13.2. The molecule has 0 radical (unpaired) electrons. The van der Waals surface area contributed by atoms with Crippen molar-refractivity contribution in [2.24, 2.45) is 0 Å². The summed E-state index contributed by atoms with van der Waals surface area (Å²) in [6.07, 6.45) is 6.06. The predicted molar refractivity (Wildman–Crippen MR) is 102 cm³/mol. The first kappa shape index (κ1) is 16.9. The fraction of sp³-hybridized carbons (Fsp3) is 0.611. The maximum atomic E-state index is 12.3. The highest BCUT2D eigenvalue weighted by molar-refractivity contribution is 7.20. The molecule has 2 fully saturated rings. The number of hydrogen-bond acceptors (Lipinski definition) is 8. The smallest absolute Gasteiger partial charge is 0.275 e. The Hall–Kier alpha value is -2.29. The molecule has 3 aromatic heterocycles. The molecule has 1 saturated heterocycles. The minimum atomic E-state index is -0.0970. The molecular weight excluding hydrogens is 364 g/mol. The van der Waals surface area contributed by atoms with Gasteiger partial charge in [-0.2, -0.15) is 9.50 Å². The molecule has 0 atom stereocenters. The van der Waals surface area contributed by atoms with E-state index >= 15 is 0 Å². The van der Waals surface area contributed by atoms with E-state index in [0.29, 0.717) is 16.8 Å². The number of nitrogens with zero attached hydrogens (tertiary/aromatic N) is 6. The average molecular weight is 386 g/mol. The highest BCUT2D eigenvalue weighted by atomic mass is 32.1. The van der Waals surface area contributed by atoms with E-state index in [4.69, 9.17) is 4.52 Å². The lowest BCUT2D eigenvalue weighted by molar-refractivity contribution is 0.365. The number of rotatable bonds is 5. The Bertz CT molecular complexity index is 1010. The van der Waals surface area contributed by atoms with Crippen LogP contribution in [0.15, 0.2) is 15.4 Å². The first-order valence-corrected chi connectivity index (χ1v) is 10.5. The highest BCUT2D eigenvalue weighted by Crippen LogP contribution is 2.40. The zero-order chi connectivity index (χ0) is 18.4.